The van der Waals surface area contributed by atoms with Crippen LogP contribution in [0.25, 0.3) is 0 Å². The molecule has 4 rings (SSSR count). The SMILES string of the molecule is C[C@@H]1C(=O)N(CC(=O)N(C)C[C@H]2COc3ccccc3O2)C(=O)N1c1ccccc1. The van der Waals surface area contributed by atoms with Gasteiger partial charge in [-0.15, -0.1) is 0 Å². The van der Waals surface area contributed by atoms with Crippen molar-refractivity contribution in [3.63, 3.8) is 0 Å². The number of nitrogens with zero attached hydrogens (tertiary/aromatic N) is 3. The number of fused-ring (bicyclic) bond motifs is 1. The van der Waals surface area contributed by atoms with E-state index in [2.05, 4.69) is 0 Å². The predicted octanol–water partition coefficient (Wildman–Crippen LogP) is 2.14. The number of imide groups is 1. The number of benzene rings is 2. The molecule has 30 heavy (non-hydrogen) atoms. The van der Waals surface area contributed by atoms with Gasteiger partial charge in [-0.25, -0.2) is 4.79 Å². The van der Waals surface area contributed by atoms with Gasteiger partial charge in [-0.3, -0.25) is 19.4 Å². The smallest absolute Gasteiger partial charge is 0.332 e. The minimum absolute atomic E-state index is 0.279. The molecule has 8 nitrogen and oxygen atoms in total. The van der Waals surface area contributed by atoms with E-state index in [0.29, 0.717) is 23.8 Å². The van der Waals surface area contributed by atoms with Gasteiger partial charge in [-0.1, -0.05) is 30.3 Å². The van der Waals surface area contributed by atoms with Crippen LogP contribution in [0.15, 0.2) is 54.6 Å². The van der Waals surface area contributed by atoms with Crippen molar-refractivity contribution < 1.29 is 23.9 Å². The molecule has 2 aromatic carbocycles. The molecule has 8 heteroatoms. The molecule has 0 saturated carbocycles. The molecule has 2 aliphatic heterocycles. The van der Waals surface area contributed by atoms with Crippen molar-refractivity contribution in [2.45, 2.75) is 19.1 Å². The third-order valence-corrected chi connectivity index (χ3v) is 5.25. The van der Waals surface area contributed by atoms with Crippen LogP contribution in [0.1, 0.15) is 6.92 Å². The summed E-state index contributed by atoms with van der Waals surface area (Å²) in [7, 11) is 1.62. The molecule has 0 N–H and O–H groups in total. The molecule has 2 aliphatic rings. The predicted molar refractivity (Wildman–Crippen MR) is 109 cm³/mol. The zero-order chi connectivity index (χ0) is 21.3. The molecule has 2 atom stereocenters. The number of hydrogen-bond acceptors (Lipinski definition) is 5. The highest BCUT2D eigenvalue weighted by Crippen LogP contribution is 2.31. The highest BCUT2D eigenvalue weighted by molar-refractivity contribution is 6.15. The van der Waals surface area contributed by atoms with Crippen molar-refractivity contribution in [1.29, 1.82) is 0 Å². The molecular formula is C22H23N3O5. The first kappa shape index (κ1) is 19.8. The lowest BCUT2D eigenvalue weighted by molar-refractivity contribution is -0.137. The molecule has 156 valence electrons. The number of carbonyl (C=O) groups excluding carboxylic acids is 3. The van der Waals surface area contributed by atoms with E-state index in [4.69, 9.17) is 9.47 Å². The van der Waals surface area contributed by atoms with Gasteiger partial charge in [0.25, 0.3) is 5.91 Å². The monoisotopic (exact) mass is 409 g/mol. The number of anilines is 1. The van der Waals surface area contributed by atoms with Gasteiger partial charge < -0.3 is 14.4 Å². The van der Waals surface area contributed by atoms with Crippen molar-refractivity contribution >= 4 is 23.5 Å². The first-order chi connectivity index (χ1) is 14.5. The molecule has 2 heterocycles. The molecule has 4 amide bonds. The molecule has 0 aliphatic carbocycles. The number of ether oxygens (including phenoxy) is 2. The number of rotatable bonds is 5. The molecular weight excluding hydrogens is 386 g/mol. The Labute approximate surface area is 174 Å². The summed E-state index contributed by atoms with van der Waals surface area (Å²) in [5.74, 6) is 0.566. The Bertz CT molecular complexity index is 964. The Morgan fingerprint density at radius 3 is 2.47 bits per heavy atom. The van der Waals surface area contributed by atoms with Crippen LogP contribution in [-0.4, -0.2) is 66.5 Å². The van der Waals surface area contributed by atoms with Gasteiger partial charge in [0.1, 0.15) is 19.2 Å². The summed E-state index contributed by atoms with van der Waals surface area (Å²) < 4.78 is 11.6. The van der Waals surface area contributed by atoms with E-state index < -0.39 is 18.0 Å². The third kappa shape index (κ3) is 3.68. The molecule has 0 bridgehead atoms. The van der Waals surface area contributed by atoms with E-state index in [0.717, 1.165) is 4.90 Å². The Hall–Kier alpha value is -3.55. The Morgan fingerprint density at radius 2 is 1.73 bits per heavy atom. The molecule has 1 fully saturated rings. The molecule has 0 aromatic heterocycles. The van der Waals surface area contributed by atoms with Crippen LogP contribution in [0, 0.1) is 0 Å². The second kappa shape index (κ2) is 8.06. The maximum absolute atomic E-state index is 12.8. The summed E-state index contributed by atoms with van der Waals surface area (Å²) in [6, 6.07) is 15.1. The fourth-order valence-electron chi connectivity index (χ4n) is 3.61. The second-order valence-electron chi connectivity index (χ2n) is 7.36. The number of amides is 4. The minimum Gasteiger partial charge on any atom is -0.486 e. The molecule has 0 unspecified atom stereocenters. The van der Waals surface area contributed by atoms with E-state index in [1.165, 1.54) is 9.80 Å². The van der Waals surface area contributed by atoms with Crippen LogP contribution < -0.4 is 14.4 Å². The first-order valence-electron chi connectivity index (χ1n) is 9.78. The summed E-state index contributed by atoms with van der Waals surface area (Å²) >= 11 is 0. The zero-order valence-corrected chi connectivity index (χ0v) is 16.9. The summed E-state index contributed by atoms with van der Waals surface area (Å²) in [5, 5.41) is 0. The van der Waals surface area contributed by atoms with Gasteiger partial charge in [0.2, 0.25) is 5.91 Å². The quantitative estimate of drug-likeness (QED) is 0.707. The Morgan fingerprint density at radius 1 is 1.07 bits per heavy atom. The van der Waals surface area contributed by atoms with Crippen LogP contribution in [-0.2, 0) is 9.59 Å². The topological polar surface area (TPSA) is 79.4 Å². The van der Waals surface area contributed by atoms with Crippen molar-refractivity contribution in [1.82, 2.24) is 9.80 Å². The van der Waals surface area contributed by atoms with E-state index in [-0.39, 0.29) is 25.1 Å². The van der Waals surface area contributed by atoms with Crippen LogP contribution in [0.2, 0.25) is 0 Å². The van der Waals surface area contributed by atoms with E-state index in [9.17, 15) is 14.4 Å². The number of urea groups is 1. The maximum atomic E-state index is 12.8. The van der Waals surface area contributed by atoms with E-state index in [1.54, 1.807) is 38.2 Å². The lowest BCUT2D eigenvalue weighted by Gasteiger charge is -2.30. The molecule has 1 saturated heterocycles. The average Bonchev–Trinajstić information content (AvgIpc) is 2.97. The summed E-state index contributed by atoms with van der Waals surface area (Å²) in [6.07, 6.45) is -0.335. The van der Waals surface area contributed by atoms with Crippen LogP contribution in [0.4, 0.5) is 10.5 Å². The van der Waals surface area contributed by atoms with Crippen LogP contribution in [0.3, 0.4) is 0 Å². The number of likely N-dealkylation sites (N-methyl/N-ethyl adjacent to an activating group) is 1. The lowest BCUT2D eigenvalue weighted by atomic mass is 10.2. The zero-order valence-electron chi connectivity index (χ0n) is 16.9. The average molecular weight is 409 g/mol. The van der Waals surface area contributed by atoms with Crippen LogP contribution >= 0.6 is 0 Å². The Kier molecular flexibility index (Phi) is 5.31. The molecule has 0 radical (unpaired) electrons. The van der Waals surface area contributed by atoms with Gasteiger partial charge >= 0.3 is 6.03 Å². The number of carbonyl (C=O) groups is 3. The fraction of sp³-hybridized carbons (Fsp3) is 0.318. The number of para-hydroxylation sites is 3. The maximum Gasteiger partial charge on any atom is 0.332 e. The van der Waals surface area contributed by atoms with Crippen molar-refractivity contribution in [2.24, 2.45) is 0 Å². The van der Waals surface area contributed by atoms with Gasteiger partial charge in [-0.2, -0.15) is 0 Å². The van der Waals surface area contributed by atoms with Crippen LogP contribution in [0.5, 0.6) is 11.5 Å². The summed E-state index contributed by atoms with van der Waals surface area (Å²) in [4.78, 5) is 42.1. The second-order valence-corrected chi connectivity index (χ2v) is 7.36. The third-order valence-electron chi connectivity index (χ3n) is 5.25. The van der Waals surface area contributed by atoms with E-state index in [1.807, 2.05) is 30.3 Å². The lowest BCUT2D eigenvalue weighted by Crippen LogP contribution is -2.46. The normalized spacial score (nSPS) is 20.5. The summed E-state index contributed by atoms with van der Waals surface area (Å²) in [5.41, 5.74) is 0.623. The minimum atomic E-state index is -0.662. The number of hydrogen-bond donors (Lipinski definition) is 0. The van der Waals surface area contributed by atoms with Gasteiger partial charge in [0.15, 0.2) is 17.6 Å². The standard InChI is InChI=1S/C22H23N3O5/c1-15-21(27)24(22(28)25(15)16-8-4-3-5-9-16)13-20(26)23(2)12-17-14-29-18-10-6-7-11-19(18)30-17/h3-11,15,17H,12-14H2,1-2H3/t15-,17+/m1/s1. The van der Waals surface area contributed by atoms with Gasteiger partial charge in [0, 0.05) is 12.7 Å². The molecule has 0 spiro atoms. The van der Waals surface area contributed by atoms with Crippen molar-refractivity contribution in [3.05, 3.63) is 54.6 Å². The fourth-order valence-corrected chi connectivity index (χ4v) is 3.61. The Balaban J connectivity index is 1.38. The van der Waals surface area contributed by atoms with Crippen molar-refractivity contribution in [3.8, 4) is 11.5 Å². The largest absolute Gasteiger partial charge is 0.486 e. The molecule has 2 aromatic rings. The van der Waals surface area contributed by atoms with E-state index >= 15 is 0 Å². The first-order valence-corrected chi connectivity index (χ1v) is 9.78. The summed E-state index contributed by atoms with van der Waals surface area (Å²) in [6.45, 7) is 1.94. The van der Waals surface area contributed by atoms with Gasteiger partial charge in [0.05, 0.1) is 6.54 Å². The highest BCUT2D eigenvalue weighted by atomic mass is 16.6. The van der Waals surface area contributed by atoms with Gasteiger partial charge in [-0.05, 0) is 31.2 Å². The highest BCUT2D eigenvalue weighted by Gasteiger charge is 2.44. The van der Waals surface area contributed by atoms with Crippen molar-refractivity contribution in [2.75, 3.05) is 31.6 Å².